The molecule has 0 fully saturated rings. The third-order valence-electron chi connectivity index (χ3n) is 5.19. The van der Waals surface area contributed by atoms with Crippen LogP contribution in [0.1, 0.15) is 22.8 Å². The molecule has 0 unspecified atom stereocenters. The van der Waals surface area contributed by atoms with Crippen LogP contribution < -0.4 is 9.47 Å². The molecule has 0 saturated carbocycles. The summed E-state index contributed by atoms with van der Waals surface area (Å²) in [6, 6.07) is 17.5. The first-order chi connectivity index (χ1) is 15.9. The number of ether oxygens (including phenoxy) is 2. The highest BCUT2D eigenvalue weighted by Gasteiger charge is 2.19. The molecule has 0 bridgehead atoms. The number of imidazole rings is 1. The highest BCUT2D eigenvalue weighted by atomic mass is 32.2. The van der Waals surface area contributed by atoms with Crippen molar-refractivity contribution in [2.75, 3.05) is 14.2 Å². The number of thioether (sulfide) groups is 1. The van der Waals surface area contributed by atoms with E-state index >= 15 is 0 Å². The van der Waals surface area contributed by atoms with Gasteiger partial charge in [0.1, 0.15) is 11.5 Å². The normalized spacial score (nSPS) is 10.9. The number of Topliss-reactive ketones (excluding diaryl/α,β-unsaturated/α-hetero) is 1. The van der Waals surface area contributed by atoms with Crippen LogP contribution in [0.4, 0.5) is 5.69 Å². The summed E-state index contributed by atoms with van der Waals surface area (Å²) < 4.78 is 12.9. The number of fused-ring (bicyclic) bond motifs is 1. The van der Waals surface area contributed by atoms with Crippen molar-refractivity contribution in [3.05, 3.63) is 81.9 Å². The second-order valence-electron chi connectivity index (χ2n) is 7.20. The van der Waals surface area contributed by atoms with Crippen LogP contribution in [0.25, 0.3) is 16.7 Å². The number of para-hydroxylation sites is 2. The zero-order valence-electron chi connectivity index (χ0n) is 18.3. The number of ketones is 1. The molecule has 4 aromatic rings. The summed E-state index contributed by atoms with van der Waals surface area (Å²) >= 11 is 1.44. The molecule has 0 spiro atoms. The van der Waals surface area contributed by atoms with Crippen molar-refractivity contribution in [1.29, 1.82) is 0 Å². The van der Waals surface area contributed by atoms with Crippen molar-refractivity contribution in [3.63, 3.8) is 0 Å². The lowest BCUT2D eigenvalue weighted by Gasteiger charge is -2.14. The molecule has 0 radical (unpaired) electrons. The number of nitrogens with zero attached hydrogens (tertiary/aromatic N) is 3. The van der Waals surface area contributed by atoms with Crippen LogP contribution in [0.3, 0.4) is 0 Å². The molecule has 0 aliphatic carbocycles. The summed E-state index contributed by atoms with van der Waals surface area (Å²) in [6.07, 6.45) is 0. The minimum Gasteiger partial charge on any atom is -0.496 e. The lowest BCUT2D eigenvalue weighted by molar-refractivity contribution is -0.384. The van der Waals surface area contributed by atoms with Gasteiger partial charge in [0.15, 0.2) is 10.9 Å². The van der Waals surface area contributed by atoms with E-state index in [1.807, 2.05) is 34.9 Å². The van der Waals surface area contributed by atoms with Gasteiger partial charge in [-0.25, -0.2) is 4.98 Å². The van der Waals surface area contributed by atoms with Gasteiger partial charge in [-0.15, -0.1) is 0 Å². The molecular weight excluding hydrogens is 442 g/mol. The predicted molar refractivity (Wildman–Crippen MR) is 127 cm³/mol. The topological polar surface area (TPSA) is 96.5 Å². The van der Waals surface area contributed by atoms with Crippen LogP contribution in [0.2, 0.25) is 0 Å². The lowest BCUT2D eigenvalue weighted by Crippen LogP contribution is -2.01. The van der Waals surface area contributed by atoms with Gasteiger partial charge in [0, 0.05) is 29.0 Å². The van der Waals surface area contributed by atoms with Crippen LogP contribution >= 0.6 is 11.8 Å². The average molecular weight is 464 g/mol. The smallest absolute Gasteiger partial charge is 0.271 e. The molecule has 1 aromatic heterocycles. The molecule has 9 heteroatoms. The van der Waals surface area contributed by atoms with Crippen molar-refractivity contribution < 1.29 is 19.2 Å². The third kappa shape index (κ3) is 4.40. The van der Waals surface area contributed by atoms with E-state index in [1.165, 1.54) is 30.8 Å². The third-order valence-corrected chi connectivity index (χ3v) is 6.18. The first-order valence-electron chi connectivity index (χ1n) is 10.0. The standard InChI is InChI=1S/C24H21N3O5S/c1-15(28)16-8-11-22(31-2)17(12-16)14-33-24-25-19-13-18(27(29)30)9-10-20(19)26(24)21-6-4-5-7-23(21)32-3/h4-13H,14H2,1-3H3. The Morgan fingerprint density at radius 3 is 2.52 bits per heavy atom. The van der Waals surface area contributed by atoms with Crippen LogP contribution in [0.5, 0.6) is 11.5 Å². The van der Waals surface area contributed by atoms with Crippen LogP contribution in [-0.4, -0.2) is 34.5 Å². The number of carbonyl (C=O) groups excluding carboxylic acids is 1. The molecule has 0 atom stereocenters. The Balaban J connectivity index is 1.83. The number of aromatic nitrogens is 2. The van der Waals surface area contributed by atoms with Gasteiger partial charge in [-0.2, -0.15) is 0 Å². The van der Waals surface area contributed by atoms with Gasteiger partial charge in [-0.1, -0.05) is 23.9 Å². The molecule has 33 heavy (non-hydrogen) atoms. The summed E-state index contributed by atoms with van der Waals surface area (Å²) in [5.74, 6) is 1.76. The minimum absolute atomic E-state index is 0.0282. The van der Waals surface area contributed by atoms with E-state index in [4.69, 9.17) is 14.5 Å². The van der Waals surface area contributed by atoms with Crippen LogP contribution in [0, 0.1) is 10.1 Å². The molecule has 0 amide bonds. The molecule has 1 heterocycles. The predicted octanol–water partition coefficient (Wildman–Crippen LogP) is 5.45. The number of carbonyl (C=O) groups is 1. The molecule has 4 rings (SSSR count). The Kier molecular flexibility index (Phi) is 6.32. The van der Waals surface area contributed by atoms with E-state index in [-0.39, 0.29) is 11.5 Å². The maximum Gasteiger partial charge on any atom is 0.271 e. The molecule has 0 N–H and O–H groups in total. The number of non-ortho nitro benzene ring substituents is 1. The summed E-state index contributed by atoms with van der Waals surface area (Å²) in [4.78, 5) is 27.4. The second kappa shape index (κ2) is 9.33. The zero-order valence-corrected chi connectivity index (χ0v) is 19.1. The van der Waals surface area contributed by atoms with Gasteiger partial charge in [-0.3, -0.25) is 19.5 Å². The Hall–Kier alpha value is -3.85. The Morgan fingerprint density at radius 2 is 1.82 bits per heavy atom. The van der Waals surface area contributed by atoms with Gasteiger partial charge in [0.25, 0.3) is 5.69 Å². The van der Waals surface area contributed by atoms with E-state index in [9.17, 15) is 14.9 Å². The maximum atomic E-state index is 11.9. The van der Waals surface area contributed by atoms with Gasteiger partial charge in [0.2, 0.25) is 0 Å². The molecule has 168 valence electrons. The highest BCUT2D eigenvalue weighted by Crippen LogP contribution is 2.36. The number of hydrogen-bond acceptors (Lipinski definition) is 7. The molecule has 3 aromatic carbocycles. The van der Waals surface area contributed by atoms with Crippen molar-refractivity contribution in [2.24, 2.45) is 0 Å². The fraction of sp³-hybridized carbons (Fsp3) is 0.167. The lowest BCUT2D eigenvalue weighted by atomic mass is 10.1. The molecule has 8 nitrogen and oxygen atoms in total. The average Bonchev–Trinajstić information content (AvgIpc) is 3.19. The SMILES string of the molecule is COc1ccc(C(C)=O)cc1CSc1nc2cc([N+](=O)[O-])ccc2n1-c1ccccc1OC. The van der Waals surface area contributed by atoms with Crippen molar-refractivity contribution >= 4 is 34.3 Å². The molecule has 0 saturated heterocycles. The number of benzene rings is 3. The second-order valence-corrected chi connectivity index (χ2v) is 8.15. The number of rotatable bonds is 8. The van der Waals surface area contributed by atoms with Crippen LogP contribution in [-0.2, 0) is 5.75 Å². The largest absolute Gasteiger partial charge is 0.496 e. The molecule has 0 aliphatic rings. The van der Waals surface area contributed by atoms with Crippen molar-refractivity contribution in [1.82, 2.24) is 9.55 Å². The first-order valence-corrected chi connectivity index (χ1v) is 11.0. The minimum atomic E-state index is -0.438. The number of nitro groups is 1. The monoisotopic (exact) mass is 463 g/mol. The summed E-state index contributed by atoms with van der Waals surface area (Å²) in [5, 5.41) is 11.9. The fourth-order valence-electron chi connectivity index (χ4n) is 3.56. The molecule has 0 aliphatic heterocycles. The first kappa shape index (κ1) is 22.3. The van der Waals surface area contributed by atoms with E-state index in [1.54, 1.807) is 32.4 Å². The zero-order chi connectivity index (χ0) is 23.5. The van der Waals surface area contributed by atoms with E-state index in [0.717, 1.165) is 16.8 Å². The Bertz CT molecular complexity index is 1370. The maximum absolute atomic E-state index is 11.9. The number of methoxy groups -OCH3 is 2. The van der Waals surface area contributed by atoms with E-state index in [0.29, 0.717) is 33.5 Å². The Labute approximate surface area is 194 Å². The van der Waals surface area contributed by atoms with Crippen LogP contribution in [0.15, 0.2) is 65.8 Å². The highest BCUT2D eigenvalue weighted by molar-refractivity contribution is 7.98. The summed E-state index contributed by atoms with van der Waals surface area (Å²) in [6.45, 7) is 1.52. The van der Waals surface area contributed by atoms with Gasteiger partial charge < -0.3 is 9.47 Å². The fourth-order valence-corrected chi connectivity index (χ4v) is 4.56. The van der Waals surface area contributed by atoms with Gasteiger partial charge in [-0.05, 0) is 43.3 Å². The van der Waals surface area contributed by atoms with E-state index in [2.05, 4.69) is 0 Å². The Morgan fingerprint density at radius 1 is 1.06 bits per heavy atom. The van der Waals surface area contributed by atoms with E-state index < -0.39 is 4.92 Å². The van der Waals surface area contributed by atoms with Gasteiger partial charge >= 0.3 is 0 Å². The summed E-state index contributed by atoms with van der Waals surface area (Å²) in [5.41, 5.74) is 3.40. The number of hydrogen-bond donors (Lipinski definition) is 0. The quantitative estimate of drug-likeness (QED) is 0.148. The summed E-state index contributed by atoms with van der Waals surface area (Å²) in [7, 11) is 3.17. The van der Waals surface area contributed by atoms with Crippen molar-refractivity contribution in [2.45, 2.75) is 17.8 Å². The van der Waals surface area contributed by atoms with Gasteiger partial charge in [0.05, 0.1) is 35.9 Å². The van der Waals surface area contributed by atoms with Crippen molar-refractivity contribution in [3.8, 4) is 17.2 Å². The number of nitro benzene ring substituents is 1. The molecular formula is C24H21N3O5S.